The van der Waals surface area contributed by atoms with Crippen LogP contribution in [0.25, 0.3) is 0 Å². The van der Waals surface area contributed by atoms with E-state index in [0.717, 1.165) is 49.4 Å². The third-order valence-corrected chi connectivity index (χ3v) is 4.81. The van der Waals surface area contributed by atoms with Gasteiger partial charge in [-0.05, 0) is 62.4 Å². The topological polar surface area (TPSA) is 20.3 Å². The van der Waals surface area contributed by atoms with Crippen molar-refractivity contribution in [1.82, 2.24) is 4.90 Å². The summed E-state index contributed by atoms with van der Waals surface area (Å²) in [4.78, 5) is 14.5. The van der Waals surface area contributed by atoms with Gasteiger partial charge in [0.2, 0.25) is 0 Å². The molecule has 0 bridgehead atoms. The number of nitrogens with zero attached hydrogens (tertiary/aromatic N) is 1. The molecule has 3 rings (SSSR count). The number of rotatable bonds is 4. The Labute approximate surface area is 145 Å². The van der Waals surface area contributed by atoms with Gasteiger partial charge in [0, 0.05) is 23.7 Å². The van der Waals surface area contributed by atoms with Crippen molar-refractivity contribution in [2.75, 3.05) is 0 Å². The van der Waals surface area contributed by atoms with E-state index in [1.807, 2.05) is 6.92 Å². The molecule has 0 unspecified atom stereocenters. The molecule has 0 radical (unpaired) electrons. The van der Waals surface area contributed by atoms with E-state index in [1.165, 1.54) is 12.1 Å². The molecule has 0 spiro atoms. The van der Waals surface area contributed by atoms with E-state index in [9.17, 15) is 18.0 Å². The predicted octanol–water partition coefficient (Wildman–Crippen LogP) is 4.73. The van der Waals surface area contributed by atoms with Crippen LogP contribution in [0.15, 0.2) is 42.5 Å². The quantitative estimate of drug-likeness (QED) is 0.783. The Morgan fingerprint density at radius 2 is 1.64 bits per heavy atom. The van der Waals surface area contributed by atoms with Crippen molar-refractivity contribution in [2.24, 2.45) is 0 Å². The Morgan fingerprint density at radius 1 is 1.00 bits per heavy atom. The number of hydrogen-bond donors (Lipinski definition) is 0. The highest BCUT2D eigenvalue weighted by Gasteiger charge is 2.34. The van der Waals surface area contributed by atoms with Crippen LogP contribution in [0.2, 0.25) is 0 Å². The van der Waals surface area contributed by atoms with Crippen molar-refractivity contribution in [3.05, 3.63) is 71.0 Å². The molecule has 1 saturated heterocycles. The minimum atomic E-state index is -0.752. The van der Waals surface area contributed by atoms with Gasteiger partial charge in [0.05, 0.1) is 0 Å². The van der Waals surface area contributed by atoms with Crippen LogP contribution >= 0.6 is 0 Å². The minimum absolute atomic E-state index is 0.0129. The summed E-state index contributed by atoms with van der Waals surface area (Å²) in [6.07, 6.45) is 3.17. The van der Waals surface area contributed by atoms with Crippen molar-refractivity contribution in [2.45, 2.75) is 44.7 Å². The van der Waals surface area contributed by atoms with Crippen molar-refractivity contribution in [3.8, 4) is 0 Å². The molecule has 132 valence electrons. The Balaban J connectivity index is 1.73. The van der Waals surface area contributed by atoms with Gasteiger partial charge in [0.25, 0.3) is 5.91 Å². The van der Waals surface area contributed by atoms with Gasteiger partial charge in [-0.2, -0.15) is 0 Å². The lowest BCUT2D eigenvalue weighted by atomic mass is 10.0. The fourth-order valence-electron chi connectivity index (χ4n) is 3.53. The molecule has 0 saturated carbocycles. The molecule has 0 aliphatic carbocycles. The van der Waals surface area contributed by atoms with E-state index in [1.54, 1.807) is 17.0 Å². The fourth-order valence-corrected chi connectivity index (χ4v) is 3.53. The molecule has 1 aliphatic heterocycles. The maximum Gasteiger partial charge on any atom is 0.254 e. The lowest BCUT2D eigenvalue weighted by molar-refractivity contribution is 0.0671. The molecule has 1 amide bonds. The molecule has 25 heavy (non-hydrogen) atoms. The van der Waals surface area contributed by atoms with Crippen LogP contribution < -0.4 is 0 Å². The van der Waals surface area contributed by atoms with E-state index in [0.29, 0.717) is 0 Å². The zero-order valence-corrected chi connectivity index (χ0v) is 14.0. The number of halogens is 3. The van der Waals surface area contributed by atoms with E-state index in [-0.39, 0.29) is 29.4 Å². The lowest BCUT2D eigenvalue weighted by Gasteiger charge is -2.29. The Bertz CT molecular complexity index is 740. The second-order valence-electron chi connectivity index (χ2n) is 6.62. The number of carbonyl (C=O) groups is 1. The number of likely N-dealkylation sites (tertiary alicyclic amines) is 1. The monoisotopic (exact) mass is 347 g/mol. The number of hydrogen-bond acceptors (Lipinski definition) is 1. The molecule has 2 aromatic carbocycles. The van der Waals surface area contributed by atoms with Gasteiger partial charge in [-0.15, -0.1) is 0 Å². The maximum atomic E-state index is 13.4. The molecule has 2 nitrogen and oxygen atoms in total. The zero-order chi connectivity index (χ0) is 18.0. The van der Waals surface area contributed by atoms with Crippen molar-refractivity contribution in [3.63, 3.8) is 0 Å². The van der Waals surface area contributed by atoms with Crippen LogP contribution in [-0.4, -0.2) is 22.9 Å². The van der Waals surface area contributed by atoms with Gasteiger partial charge >= 0.3 is 0 Å². The Hall–Kier alpha value is -2.30. The summed E-state index contributed by atoms with van der Waals surface area (Å²) in [5.41, 5.74) is 1.04. The number of benzene rings is 2. The van der Waals surface area contributed by atoms with E-state index in [4.69, 9.17) is 0 Å². The highest BCUT2D eigenvalue weighted by Crippen LogP contribution is 2.29. The SMILES string of the molecule is C[C@@H]1CC[C@H](CCc2ccc(F)cc2)N1C(=O)c1cc(F)cc(F)c1. The minimum Gasteiger partial charge on any atom is -0.333 e. The van der Waals surface area contributed by atoms with Crippen molar-refractivity contribution in [1.29, 1.82) is 0 Å². The van der Waals surface area contributed by atoms with Crippen LogP contribution in [0, 0.1) is 17.5 Å². The lowest BCUT2D eigenvalue weighted by Crippen LogP contribution is -2.40. The van der Waals surface area contributed by atoms with Crippen LogP contribution in [0.5, 0.6) is 0 Å². The number of aryl methyl sites for hydroxylation is 1. The Kier molecular flexibility index (Phi) is 5.11. The van der Waals surface area contributed by atoms with Crippen LogP contribution in [0.3, 0.4) is 0 Å². The third-order valence-electron chi connectivity index (χ3n) is 4.81. The second-order valence-corrected chi connectivity index (χ2v) is 6.62. The Morgan fingerprint density at radius 3 is 2.28 bits per heavy atom. The second kappa shape index (κ2) is 7.30. The first-order chi connectivity index (χ1) is 11.9. The predicted molar refractivity (Wildman–Crippen MR) is 89.7 cm³/mol. The van der Waals surface area contributed by atoms with E-state index < -0.39 is 11.6 Å². The molecule has 1 heterocycles. The summed E-state index contributed by atoms with van der Waals surface area (Å²) in [5.74, 6) is -2.12. The first kappa shape index (κ1) is 17.5. The summed E-state index contributed by atoms with van der Waals surface area (Å²) >= 11 is 0. The molecule has 5 heteroatoms. The third kappa shape index (κ3) is 4.03. The summed E-state index contributed by atoms with van der Waals surface area (Å²) in [6.45, 7) is 1.95. The average molecular weight is 347 g/mol. The molecule has 1 aliphatic rings. The van der Waals surface area contributed by atoms with Crippen LogP contribution in [0.4, 0.5) is 13.2 Å². The maximum absolute atomic E-state index is 13.4. The normalized spacial score (nSPS) is 20.1. The number of carbonyl (C=O) groups excluding carboxylic acids is 1. The molecular weight excluding hydrogens is 327 g/mol. The largest absolute Gasteiger partial charge is 0.333 e. The van der Waals surface area contributed by atoms with Crippen molar-refractivity contribution >= 4 is 5.91 Å². The van der Waals surface area contributed by atoms with Crippen LogP contribution in [-0.2, 0) is 6.42 Å². The molecule has 2 aromatic rings. The smallest absolute Gasteiger partial charge is 0.254 e. The molecule has 1 fully saturated rings. The molecular formula is C20H20F3NO. The average Bonchev–Trinajstić information content (AvgIpc) is 2.93. The highest BCUT2D eigenvalue weighted by atomic mass is 19.1. The highest BCUT2D eigenvalue weighted by molar-refractivity contribution is 5.94. The number of amides is 1. The van der Waals surface area contributed by atoms with Gasteiger partial charge < -0.3 is 4.90 Å². The standard InChI is InChI=1S/C20H20F3NO/c1-13-2-8-19(9-5-14-3-6-16(21)7-4-14)24(13)20(25)15-10-17(22)12-18(23)11-15/h3-4,6-7,10-13,19H,2,5,8-9H2,1H3/t13-,19-/m1/s1. The van der Waals surface area contributed by atoms with E-state index in [2.05, 4.69) is 0 Å². The molecule has 0 aromatic heterocycles. The van der Waals surface area contributed by atoms with E-state index >= 15 is 0 Å². The van der Waals surface area contributed by atoms with Crippen LogP contribution in [0.1, 0.15) is 42.1 Å². The van der Waals surface area contributed by atoms with Gasteiger partial charge in [-0.25, -0.2) is 13.2 Å². The first-order valence-corrected chi connectivity index (χ1v) is 8.47. The van der Waals surface area contributed by atoms with Crippen molar-refractivity contribution < 1.29 is 18.0 Å². The van der Waals surface area contributed by atoms with Gasteiger partial charge in [0.1, 0.15) is 17.5 Å². The molecule has 0 N–H and O–H groups in total. The summed E-state index contributed by atoms with van der Waals surface area (Å²) in [5, 5.41) is 0. The zero-order valence-electron chi connectivity index (χ0n) is 14.0. The fraction of sp³-hybridized carbons (Fsp3) is 0.350. The molecule has 2 atom stereocenters. The summed E-state index contributed by atoms with van der Waals surface area (Å²) < 4.78 is 39.8. The summed E-state index contributed by atoms with van der Waals surface area (Å²) in [6, 6.07) is 9.27. The van der Waals surface area contributed by atoms with Gasteiger partial charge in [-0.3, -0.25) is 4.79 Å². The van der Waals surface area contributed by atoms with Gasteiger partial charge in [0.15, 0.2) is 0 Å². The summed E-state index contributed by atoms with van der Waals surface area (Å²) in [7, 11) is 0. The first-order valence-electron chi connectivity index (χ1n) is 8.47. The van der Waals surface area contributed by atoms with Gasteiger partial charge in [-0.1, -0.05) is 12.1 Å².